The van der Waals surface area contributed by atoms with Gasteiger partial charge >= 0.3 is 0 Å². The zero-order valence-corrected chi connectivity index (χ0v) is 12.5. The molecule has 106 valence electrons. The van der Waals surface area contributed by atoms with Crippen LogP contribution >= 0.6 is 0 Å². The van der Waals surface area contributed by atoms with Crippen molar-refractivity contribution in [3.05, 3.63) is 47.3 Å². The Bertz CT molecular complexity index is 732. The number of sulfonamides is 1. The molecule has 0 atom stereocenters. The Morgan fingerprint density at radius 3 is 2.25 bits per heavy atom. The van der Waals surface area contributed by atoms with Crippen molar-refractivity contribution in [2.45, 2.75) is 25.7 Å². The molecule has 0 fully saturated rings. The molecule has 5 nitrogen and oxygen atoms in total. The lowest BCUT2D eigenvalue weighted by molar-refractivity contribution is 0.600. The molecule has 0 radical (unpaired) electrons. The molecule has 0 saturated carbocycles. The number of nitrogens with two attached hydrogens (primary N) is 1. The van der Waals surface area contributed by atoms with Gasteiger partial charge in [0.15, 0.2) is 0 Å². The number of anilines is 2. The summed E-state index contributed by atoms with van der Waals surface area (Å²) in [5.41, 5.74) is 8.81. The number of rotatable bonds is 3. The predicted octanol–water partition coefficient (Wildman–Crippen LogP) is 2.39. The minimum atomic E-state index is -3.66. The van der Waals surface area contributed by atoms with Crippen molar-refractivity contribution < 1.29 is 8.42 Å². The average Bonchev–Trinajstić information content (AvgIpc) is 2.30. The van der Waals surface area contributed by atoms with Gasteiger partial charge in [0.2, 0.25) is 0 Å². The number of benzene rings is 1. The summed E-state index contributed by atoms with van der Waals surface area (Å²) < 4.78 is 27.6. The average molecular weight is 291 g/mol. The van der Waals surface area contributed by atoms with Crippen LogP contribution in [0.5, 0.6) is 0 Å². The van der Waals surface area contributed by atoms with E-state index in [-0.39, 0.29) is 4.90 Å². The molecule has 2 rings (SSSR count). The Morgan fingerprint density at radius 1 is 1.10 bits per heavy atom. The van der Waals surface area contributed by atoms with Crippen LogP contribution in [0.25, 0.3) is 0 Å². The van der Waals surface area contributed by atoms with Gasteiger partial charge in [0.05, 0.1) is 16.8 Å². The van der Waals surface area contributed by atoms with E-state index in [0.717, 1.165) is 5.56 Å². The molecule has 2 aromatic rings. The van der Waals surface area contributed by atoms with E-state index in [2.05, 4.69) is 9.71 Å². The summed E-state index contributed by atoms with van der Waals surface area (Å²) in [5.74, 6) is 0. The molecule has 1 aromatic heterocycles. The monoisotopic (exact) mass is 291 g/mol. The smallest absolute Gasteiger partial charge is 0.262 e. The second-order valence-corrected chi connectivity index (χ2v) is 6.40. The molecule has 0 spiro atoms. The van der Waals surface area contributed by atoms with E-state index in [9.17, 15) is 8.42 Å². The molecule has 0 saturated heterocycles. The number of nitrogen functional groups attached to an aromatic ring is 1. The Balaban J connectivity index is 2.50. The van der Waals surface area contributed by atoms with Crippen LogP contribution in [0.15, 0.2) is 35.5 Å². The molecule has 0 aliphatic heterocycles. The maximum atomic E-state index is 12.5. The summed E-state index contributed by atoms with van der Waals surface area (Å²) in [5, 5.41) is 0. The largest absolute Gasteiger partial charge is 0.399 e. The minimum Gasteiger partial charge on any atom is -0.399 e. The summed E-state index contributed by atoms with van der Waals surface area (Å²) in [6.45, 7) is 5.28. The lowest BCUT2D eigenvalue weighted by Crippen LogP contribution is -2.16. The molecule has 1 aromatic carbocycles. The second kappa shape index (κ2) is 5.13. The highest BCUT2D eigenvalue weighted by atomic mass is 32.2. The zero-order valence-electron chi connectivity index (χ0n) is 11.6. The van der Waals surface area contributed by atoms with Crippen molar-refractivity contribution in [3.63, 3.8) is 0 Å². The summed E-state index contributed by atoms with van der Waals surface area (Å²) in [6.07, 6.45) is 3.11. The number of aromatic nitrogens is 1. The van der Waals surface area contributed by atoms with Gasteiger partial charge in [-0.1, -0.05) is 0 Å². The van der Waals surface area contributed by atoms with Crippen LogP contribution in [-0.4, -0.2) is 13.4 Å². The van der Waals surface area contributed by atoms with E-state index in [1.807, 2.05) is 6.92 Å². The highest BCUT2D eigenvalue weighted by Gasteiger charge is 2.20. The van der Waals surface area contributed by atoms with Gasteiger partial charge < -0.3 is 5.73 Å². The normalized spacial score (nSPS) is 11.3. The Labute approximate surface area is 118 Å². The van der Waals surface area contributed by atoms with Crippen LogP contribution < -0.4 is 10.5 Å². The fraction of sp³-hybridized carbons (Fsp3) is 0.214. The first-order valence-electron chi connectivity index (χ1n) is 6.11. The third-order valence-corrected chi connectivity index (χ3v) is 4.70. The summed E-state index contributed by atoms with van der Waals surface area (Å²) in [7, 11) is -3.66. The zero-order chi connectivity index (χ0) is 14.9. The molecule has 0 amide bonds. The first-order chi connectivity index (χ1) is 9.31. The molecular weight excluding hydrogens is 274 g/mol. The highest BCUT2D eigenvalue weighted by Crippen LogP contribution is 2.25. The van der Waals surface area contributed by atoms with Gasteiger partial charge in [-0.15, -0.1) is 0 Å². The number of nitrogens with one attached hydrogen (secondary N) is 1. The van der Waals surface area contributed by atoms with Crippen LogP contribution in [-0.2, 0) is 10.0 Å². The van der Waals surface area contributed by atoms with E-state index in [0.29, 0.717) is 22.5 Å². The molecule has 6 heteroatoms. The highest BCUT2D eigenvalue weighted by molar-refractivity contribution is 7.92. The van der Waals surface area contributed by atoms with Crippen molar-refractivity contribution in [1.82, 2.24) is 4.98 Å². The molecule has 20 heavy (non-hydrogen) atoms. The van der Waals surface area contributed by atoms with Crippen molar-refractivity contribution in [3.8, 4) is 0 Å². The maximum Gasteiger partial charge on any atom is 0.262 e. The lowest BCUT2D eigenvalue weighted by atomic mass is 10.1. The Morgan fingerprint density at radius 2 is 1.70 bits per heavy atom. The molecule has 0 aliphatic carbocycles. The maximum absolute atomic E-state index is 12.5. The minimum absolute atomic E-state index is 0.259. The van der Waals surface area contributed by atoms with Gasteiger partial charge in [-0.05, 0) is 55.7 Å². The first-order valence-corrected chi connectivity index (χ1v) is 7.60. The summed E-state index contributed by atoms with van der Waals surface area (Å²) in [6, 6.07) is 5.05. The van der Waals surface area contributed by atoms with Crippen molar-refractivity contribution in [2.24, 2.45) is 0 Å². The van der Waals surface area contributed by atoms with Crippen molar-refractivity contribution in [2.75, 3.05) is 10.5 Å². The SMILES string of the molecule is Cc1ccncc1NS(=O)(=O)c1c(C)cc(N)cc1C. The number of nitrogens with zero attached hydrogens (tertiary/aromatic N) is 1. The quantitative estimate of drug-likeness (QED) is 0.850. The first kappa shape index (κ1) is 14.3. The molecule has 0 aliphatic rings. The van der Waals surface area contributed by atoms with Gasteiger partial charge in [-0.25, -0.2) is 8.42 Å². The van der Waals surface area contributed by atoms with Crippen LogP contribution in [0.1, 0.15) is 16.7 Å². The van der Waals surface area contributed by atoms with E-state index >= 15 is 0 Å². The number of pyridine rings is 1. The fourth-order valence-corrected chi connectivity index (χ4v) is 3.75. The second-order valence-electron chi connectivity index (χ2n) is 4.78. The lowest BCUT2D eigenvalue weighted by Gasteiger charge is -2.14. The van der Waals surface area contributed by atoms with Gasteiger partial charge in [0, 0.05) is 11.9 Å². The molecule has 1 heterocycles. The number of hydrogen-bond acceptors (Lipinski definition) is 4. The molecular formula is C14H17N3O2S. The predicted molar refractivity (Wildman–Crippen MR) is 80.1 cm³/mol. The van der Waals surface area contributed by atoms with E-state index in [1.54, 1.807) is 38.2 Å². The third-order valence-electron chi connectivity index (χ3n) is 3.03. The Hall–Kier alpha value is -2.08. The summed E-state index contributed by atoms with van der Waals surface area (Å²) >= 11 is 0. The van der Waals surface area contributed by atoms with E-state index < -0.39 is 10.0 Å². The van der Waals surface area contributed by atoms with Crippen LogP contribution in [0.3, 0.4) is 0 Å². The standard InChI is InChI=1S/C14H17N3O2S/c1-9-4-5-16-8-13(9)17-20(18,19)14-10(2)6-12(15)7-11(14)3/h4-8,17H,15H2,1-3H3. The van der Waals surface area contributed by atoms with E-state index in [4.69, 9.17) is 5.73 Å². The molecule has 0 bridgehead atoms. The number of hydrogen-bond donors (Lipinski definition) is 2. The number of aryl methyl sites for hydroxylation is 3. The van der Waals surface area contributed by atoms with Crippen LogP contribution in [0.4, 0.5) is 11.4 Å². The van der Waals surface area contributed by atoms with Crippen molar-refractivity contribution in [1.29, 1.82) is 0 Å². The van der Waals surface area contributed by atoms with Gasteiger partial charge in [0.25, 0.3) is 10.0 Å². The fourth-order valence-electron chi connectivity index (χ4n) is 2.17. The van der Waals surface area contributed by atoms with Crippen LogP contribution in [0, 0.1) is 20.8 Å². The topological polar surface area (TPSA) is 85.1 Å². The van der Waals surface area contributed by atoms with Gasteiger partial charge in [-0.2, -0.15) is 0 Å². The van der Waals surface area contributed by atoms with Crippen LogP contribution in [0.2, 0.25) is 0 Å². The van der Waals surface area contributed by atoms with Gasteiger partial charge in [-0.3, -0.25) is 9.71 Å². The third kappa shape index (κ3) is 2.75. The van der Waals surface area contributed by atoms with Crippen molar-refractivity contribution >= 4 is 21.4 Å². The Kier molecular flexibility index (Phi) is 3.67. The molecule has 0 unspecified atom stereocenters. The van der Waals surface area contributed by atoms with E-state index in [1.165, 1.54) is 6.20 Å². The molecule has 3 N–H and O–H groups in total. The van der Waals surface area contributed by atoms with Gasteiger partial charge in [0.1, 0.15) is 0 Å². The summed E-state index contributed by atoms with van der Waals surface area (Å²) in [4.78, 5) is 4.19.